The molecule has 0 bridgehead atoms. The summed E-state index contributed by atoms with van der Waals surface area (Å²) in [6.07, 6.45) is -16.3. The fourth-order valence-electron chi connectivity index (χ4n) is 5.83. The van der Waals surface area contributed by atoms with E-state index < -0.39 is 97.6 Å². The molecule has 2 saturated heterocycles. The number of aliphatic hydroxyl groups is 8. The Kier molecular flexibility index (Phi) is 7.99. The molecule has 11 atom stereocenters. The van der Waals surface area contributed by atoms with E-state index in [0.29, 0.717) is 5.56 Å². The summed E-state index contributed by atoms with van der Waals surface area (Å²) in [5, 5.41) is 103. The molecule has 0 radical (unpaired) electrons. The number of fused-ring (bicyclic) bond motifs is 2. The van der Waals surface area contributed by atoms with E-state index in [0.717, 1.165) is 6.07 Å². The number of carbonyl (C=O) groups is 1. The highest BCUT2D eigenvalue weighted by Crippen LogP contribution is 2.49. The van der Waals surface area contributed by atoms with E-state index >= 15 is 0 Å². The zero-order valence-corrected chi connectivity index (χ0v) is 21.7. The first-order chi connectivity index (χ1) is 19.4. The highest BCUT2D eigenvalue weighted by atomic mass is 16.7. The molecular weight excluding hydrogens is 548 g/mol. The van der Waals surface area contributed by atoms with Crippen molar-refractivity contribution in [2.45, 2.75) is 74.1 Å². The standard InChI is InChI=1S/C27H32O14/c1-8-2-10-16(26-24(37)22(35)19(32)14(6-28)39-26)11-4-9(30)5-13(18(11)21(34)17(10)12(31)3-8)40-27-25(38)23(36)20(33)15(7-29)41-27/h2-5,14-16,19-20,22-33,35-38H,6-7H2,1H3/t14-,15-,16-,19-,20-,22+,23+,24-,25-,26+,27-/m1/s1. The van der Waals surface area contributed by atoms with Crippen LogP contribution in [0.3, 0.4) is 0 Å². The lowest BCUT2D eigenvalue weighted by atomic mass is 9.71. The van der Waals surface area contributed by atoms with Gasteiger partial charge in [0.15, 0.2) is 0 Å². The van der Waals surface area contributed by atoms with E-state index in [4.69, 9.17) is 14.2 Å². The number of hydrogen-bond acceptors (Lipinski definition) is 14. The third kappa shape index (κ3) is 4.85. The minimum Gasteiger partial charge on any atom is -0.508 e. The van der Waals surface area contributed by atoms with Crippen molar-refractivity contribution in [3.8, 4) is 17.2 Å². The largest absolute Gasteiger partial charge is 0.508 e. The molecule has 3 aliphatic rings. The third-order valence-corrected chi connectivity index (χ3v) is 7.88. The van der Waals surface area contributed by atoms with Crippen LogP contribution >= 0.6 is 0 Å². The van der Waals surface area contributed by atoms with Crippen molar-refractivity contribution in [3.05, 3.63) is 52.1 Å². The molecule has 224 valence electrons. The lowest BCUT2D eigenvalue weighted by molar-refractivity contribution is -0.277. The summed E-state index contributed by atoms with van der Waals surface area (Å²) in [7, 11) is 0. The lowest BCUT2D eigenvalue weighted by Gasteiger charge is -2.45. The summed E-state index contributed by atoms with van der Waals surface area (Å²) in [6, 6.07) is 5.06. The topological polar surface area (TPSA) is 247 Å². The van der Waals surface area contributed by atoms with Crippen molar-refractivity contribution in [2.75, 3.05) is 13.2 Å². The SMILES string of the molecule is Cc1cc(O)c2c(c1)[C@@H]([C@@H]1O[C@H](CO)[C@@H](O)[C@H](O)[C@H]1O)c1cc(O)cc(O[C@@H]3O[C@H](CO)[C@@H](O)[C@H](O)[C@H]3O)c1C2=O. The van der Waals surface area contributed by atoms with Crippen molar-refractivity contribution in [1.29, 1.82) is 0 Å². The van der Waals surface area contributed by atoms with E-state index in [2.05, 4.69) is 0 Å². The Hall–Kier alpha value is -2.89. The molecule has 14 heteroatoms. The summed E-state index contributed by atoms with van der Waals surface area (Å²) in [4.78, 5) is 13.9. The number of rotatable bonds is 5. The highest BCUT2D eigenvalue weighted by Gasteiger charge is 2.51. The van der Waals surface area contributed by atoms with Crippen LogP contribution in [-0.4, -0.2) is 131 Å². The zero-order valence-electron chi connectivity index (χ0n) is 21.7. The van der Waals surface area contributed by atoms with Crippen LogP contribution in [0.15, 0.2) is 24.3 Å². The molecule has 0 saturated carbocycles. The fourth-order valence-corrected chi connectivity index (χ4v) is 5.83. The van der Waals surface area contributed by atoms with Gasteiger partial charge in [0, 0.05) is 12.0 Å². The lowest BCUT2D eigenvalue weighted by Crippen LogP contribution is -2.60. The number of aryl methyl sites for hydroxylation is 1. The Morgan fingerprint density at radius 3 is 1.95 bits per heavy atom. The molecule has 2 heterocycles. The molecular formula is C27H32O14. The number of hydrogen-bond donors (Lipinski definition) is 10. The second kappa shape index (κ2) is 11.1. The predicted octanol–water partition coefficient (Wildman–Crippen LogP) is -2.90. The van der Waals surface area contributed by atoms with Gasteiger partial charge in [0.1, 0.15) is 66.1 Å². The van der Waals surface area contributed by atoms with Gasteiger partial charge in [0.25, 0.3) is 0 Å². The molecule has 2 aliphatic heterocycles. The molecule has 10 N–H and O–H groups in total. The zero-order chi connectivity index (χ0) is 29.9. The van der Waals surface area contributed by atoms with Crippen molar-refractivity contribution < 1.29 is 70.1 Å². The van der Waals surface area contributed by atoms with E-state index in [1.165, 1.54) is 12.1 Å². The fraction of sp³-hybridized carbons (Fsp3) is 0.519. The number of aliphatic hydroxyl groups excluding tert-OH is 8. The maximum absolute atomic E-state index is 13.9. The van der Waals surface area contributed by atoms with Gasteiger partial charge in [-0.1, -0.05) is 6.07 Å². The van der Waals surface area contributed by atoms with Gasteiger partial charge >= 0.3 is 0 Å². The van der Waals surface area contributed by atoms with Crippen molar-refractivity contribution in [1.82, 2.24) is 0 Å². The molecule has 1 aliphatic carbocycles. The number of phenolic OH excluding ortho intramolecular Hbond substituents is 2. The molecule has 5 rings (SSSR count). The second-order valence-corrected chi connectivity index (χ2v) is 10.6. The van der Waals surface area contributed by atoms with Gasteiger partial charge < -0.3 is 65.3 Å². The maximum Gasteiger partial charge on any atom is 0.229 e. The van der Waals surface area contributed by atoms with Crippen LogP contribution in [-0.2, 0) is 9.47 Å². The first-order valence-corrected chi connectivity index (χ1v) is 12.9. The van der Waals surface area contributed by atoms with Gasteiger partial charge in [-0.25, -0.2) is 0 Å². The third-order valence-electron chi connectivity index (χ3n) is 7.88. The molecule has 2 fully saturated rings. The number of benzene rings is 2. The molecule has 0 unspecified atom stereocenters. The quantitative estimate of drug-likeness (QED) is 0.171. The first kappa shape index (κ1) is 29.6. The Balaban J connectivity index is 1.67. The first-order valence-electron chi connectivity index (χ1n) is 12.9. The molecule has 0 spiro atoms. The van der Waals surface area contributed by atoms with E-state index in [9.17, 15) is 55.9 Å². The van der Waals surface area contributed by atoms with Gasteiger partial charge in [-0.2, -0.15) is 0 Å². The van der Waals surface area contributed by atoms with Crippen molar-refractivity contribution >= 4 is 5.78 Å². The van der Waals surface area contributed by atoms with Crippen LogP contribution in [0, 0.1) is 6.92 Å². The van der Waals surface area contributed by atoms with E-state index in [1.54, 1.807) is 13.0 Å². The summed E-state index contributed by atoms with van der Waals surface area (Å²) in [6.45, 7) is 0.166. The second-order valence-electron chi connectivity index (χ2n) is 10.6. The van der Waals surface area contributed by atoms with Crippen LogP contribution in [0.2, 0.25) is 0 Å². The number of phenols is 2. The maximum atomic E-state index is 13.9. The normalized spacial score (nSPS) is 36.9. The highest BCUT2D eigenvalue weighted by molar-refractivity contribution is 6.16. The number of ether oxygens (including phenoxy) is 3. The van der Waals surface area contributed by atoms with Gasteiger partial charge in [-0.3, -0.25) is 4.79 Å². The number of ketones is 1. The molecule has 2 aromatic carbocycles. The molecule has 0 amide bonds. The van der Waals surface area contributed by atoms with Crippen LogP contribution in [0.25, 0.3) is 0 Å². The van der Waals surface area contributed by atoms with E-state index in [-0.39, 0.29) is 28.0 Å². The van der Waals surface area contributed by atoms with Crippen LogP contribution in [0.4, 0.5) is 0 Å². The Labute approximate surface area is 232 Å². The Morgan fingerprint density at radius 1 is 0.732 bits per heavy atom. The minimum absolute atomic E-state index is 0.0106. The van der Waals surface area contributed by atoms with Crippen molar-refractivity contribution in [3.63, 3.8) is 0 Å². The minimum atomic E-state index is -1.85. The molecule has 0 aromatic heterocycles. The van der Waals surface area contributed by atoms with Crippen LogP contribution in [0.5, 0.6) is 17.2 Å². The summed E-state index contributed by atoms with van der Waals surface area (Å²) in [5.41, 5.74) is 0.220. The molecule has 41 heavy (non-hydrogen) atoms. The van der Waals surface area contributed by atoms with Crippen LogP contribution < -0.4 is 4.74 Å². The molecule has 2 aromatic rings. The summed E-state index contributed by atoms with van der Waals surface area (Å²) < 4.78 is 17.0. The predicted molar refractivity (Wildman–Crippen MR) is 134 cm³/mol. The average molecular weight is 581 g/mol. The van der Waals surface area contributed by atoms with Crippen LogP contribution in [0.1, 0.15) is 38.5 Å². The average Bonchev–Trinajstić information content (AvgIpc) is 2.92. The van der Waals surface area contributed by atoms with Gasteiger partial charge in [0.2, 0.25) is 12.1 Å². The van der Waals surface area contributed by atoms with Gasteiger partial charge in [-0.05, 0) is 35.7 Å². The smallest absolute Gasteiger partial charge is 0.229 e. The number of aromatic hydroxyl groups is 2. The summed E-state index contributed by atoms with van der Waals surface area (Å²) >= 11 is 0. The van der Waals surface area contributed by atoms with Gasteiger partial charge in [0.05, 0.1) is 30.4 Å². The number of carbonyl (C=O) groups excluding carboxylic acids is 1. The molecule has 14 nitrogen and oxygen atoms in total. The Bertz CT molecular complexity index is 1310. The van der Waals surface area contributed by atoms with Crippen molar-refractivity contribution in [2.24, 2.45) is 0 Å². The monoisotopic (exact) mass is 580 g/mol. The summed E-state index contributed by atoms with van der Waals surface area (Å²) in [5.74, 6) is -3.23. The van der Waals surface area contributed by atoms with Gasteiger partial charge in [-0.15, -0.1) is 0 Å². The Morgan fingerprint density at radius 2 is 1.32 bits per heavy atom. The van der Waals surface area contributed by atoms with E-state index in [1.807, 2.05) is 0 Å².